The topological polar surface area (TPSA) is 86.8 Å². The molecule has 2 aromatic carbocycles. The summed E-state index contributed by atoms with van der Waals surface area (Å²) in [7, 11) is -2.99. The quantitative estimate of drug-likeness (QED) is 0.760. The molecule has 1 heterocycles. The average Bonchev–Trinajstić information content (AvgIpc) is 2.74. The van der Waals surface area contributed by atoms with Crippen LogP contribution < -0.4 is 5.32 Å². The van der Waals surface area contributed by atoms with Crippen LogP contribution in [0.1, 0.15) is 26.3 Å². The van der Waals surface area contributed by atoms with Crippen molar-refractivity contribution in [3.05, 3.63) is 65.2 Å². The summed E-state index contributed by atoms with van der Waals surface area (Å²) in [5.41, 5.74) is 2.57. The Morgan fingerprint density at radius 1 is 0.967 bits per heavy atom. The second-order valence-electron chi connectivity index (χ2n) is 7.61. The van der Waals surface area contributed by atoms with Gasteiger partial charge in [0.2, 0.25) is 0 Å². The zero-order valence-corrected chi connectivity index (χ0v) is 18.1. The van der Waals surface area contributed by atoms with Crippen LogP contribution in [0, 0.1) is 6.92 Å². The molecule has 2 aromatic rings. The average molecular weight is 430 g/mol. The van der Waals surface area contributed by atoms with E-state index in [1.807, 2.05) is 19.1 Å². The van der Waals surface area contributed by atoms with Gasteiger partial charge < -0.3 is 10.2 Å². The van der Waals surface area contributed by atoms with E-state index >= 15 is 0 Å². The molecule has 1 fully saturated rings. The van der Waals surface area contributed by atoms with Crippen LogP contribution in [0.5, 0.6) is 0 Å². The van der Waals surface area contributed by atoms with Gasteiger partial charge in [0.05, 0.1) is 5.75 Å². The second-order valence-corrected chi connectivity index (χ2v) is 9.87. The molecule has 3 rings (SSSR count). The first-order valence-electron chi connectivity index (χ1n) is 9.89. The first kappa shape index (κ1) is 22.0. The molecule has 0 atom stereocenters. The Bertz CT molecular complexity index is 1010. The van der Waals surface area contributed by atoms with Crippen LogP contribution in [0.25, 0.3) is 0 Å². The van der Waals surface area contributed by atoms with Crippen molar-refractivity contribution in [2.75, 3.05) is 50.0 Å². The van der Waals surface area contributed by atoms with Crippen molar-refractivity contribution < 1.29 is 18.0 Å². The number of carbonyl (C=O) groups excluding carboxylic acids is 2. The number of benzene rings is 2. The molecule has 30 heavy (non-hydrogen) atoms. The molecule has 0 spiro atoms. The summed E-state index contributed by atoms with van der Waals surface area (Å²) >= 11 is 0. The number of rotatable bonds is 6. The van der Waals surface area contributed by atoms with Gasteiger partial charge in [-0.3, -0.25) is 14.5 Å². The van der Waals surface area contributed by atoms with Gasteiger partial charge in [0.1, 0.15) is 9.84 Å². The van der Waals surface area contributed by atoms with Crippen molar-refractivity contribution in [1.82, 2.24) is 9.80 Å². The molecular weight excluding hydrogens is 402 g/mol. The van der Waals surface area contributed by atoms with E-state index in [2.05, 4.69) is 10.2 Å². The molecule has 1 N–H and O–H groups in total. The lowest BCUT2D eigenvalue weighted by Crippen LogP contribution is -2.49. The molecule has 0 radical (unpaired) electrons. The van der Waals surface area contributed by atoms with Gasteiger partial charge in [0.15, 0.2) is 0 Å². The van der Waals surface area contributed by atoms with Gasteiger partial charge in [-0.15, -0.1) is 0 Å². The van der Waals surface area contributed by atoms with E-state index in [4.69, 9.17) is 0 Å². The molecule has 1 aliphatic heterocycles. The van der Waals surface area contributed by atoms with E-state index in [0.717, 1.165) is 5.56 Å². The van der Waals surface area contributed by atoms with E-state index in [0.29, 0.717) is 49.5 Å². The lowest BCUT2D eigenvalue weighted by atomic mass is 10.1. The van der Waals surface area contributed by atoms with E-state index in [9.17, 15) is 18.0 Å². The minimum atomic E-state index is -2.99. The molecule has 0 bridgehead atoms. The third kappa shape index (κ3) is 5.90. The lowest BCUT2D eigenvalue weighted by molar-refractivity contribution is 0.0644. The summed E-state index contributed by atoms with van der Waals surface area (Å²) in [6.45, 7) is 4.75. The SMILES string of the molecule is Cc1ccc(C(=O)N2CCN(CCS(C)(=O)=O)CC2)cc1NC(=O)c1ccccc1. The van der Waals surface area contributed by atoms with Gasteiger partial charge >= 0.3 is 0 Å². The van der Waals surface area contributed by atoms with Gasteiger partial charge in [0, 0.05) is 55.8 Å². The van der Waals surface area contributed by atoms with Crippen LogP contribution in [0.3, 0.4) is 0 Å². The van der Waals surface area contributed by atoms with E-state index in [-0.39, 0.29) is 17.6 Å². The Morgan fingerprint density at radius 3 is 2.27 bits per heavy atom. The van der Waals surface area contributed by atoms with Gasteiger partial charge in [-0.2, -0.15) is 0 Å². The molecule has 0 aromatic heterocycles. The van der Waals surface area contributed by atoms with E-state index in [1.165, 1.54) is 6.26 Å². The summed E-state index contributed by atoms with van der Waals surface area (Å²) in [5.74, 6) is -0.181. The van der Waals surface area contributed by atoms with Crippen molar-refractivity contribution >= 4 is 27.3 Å². The van der Waals surface area contributed by atoms with E-state index in [1.54, 1.807) is 41.3 Å². The predicted octanol–water partition coefficient (Wildman–Crippen LogP) is 2.05. The molecule has 0 unspecified atom stereocenters. The number of sulfone groups is 1. The molecule has 0 saturated carbocycles. The molecule has 160 valence electrons. The number of anilines is 1. The highest BCUT2D eigenvalue weighted by Gasteiger charge is 2.23. The van der Waals surface area contributed by atoms with Crippen molar-refractivity contribution in [2.45, 2.75) is 6.92 Å². The number of amides is 2. The summed E-state index contributed by atoms with van der Waals surface area (Å²) in [4.78, 5) is 29.2. The van der Waals surface area contributed by atoms with Crippen molar-refractivity contribution in [3.8, 4) is 0 Å². The highest BCUT2D eigenvalue weighted by atomic mass is 32.2. The maximum absolute atomic E-state index is 12.9. The molecule has 8 heteroatoms. The molecule has 2 amide bonds. The van der Waals surface area contributed by atoms with Crippen molar-refractivity contribution in [3.63, 3.8) is 0 Å². The Balaban J connectivity index is 1.63. The van der Waals surface area contributed by atoms with Gasteiger partial charge in [0.25, 0.3) is 11.8 Å². The molecular formula is C22H27N3O4S. The molecule has 1 saturated heterocycles. The number of aryl methyl sites for hydroxylation is 1. The van der Waals surface area contributed by atoms with Gasteiger partial charge in [-0.1, -0.05) is 24.3 Å². The zero-order valence-electron chi connectivity index (χ0n) is 17.3. The molecule has 1 aliphatic rings. The maximum Gasteiger partial charge on any atom is 0.255 e. The summed E-state index contributed by atoms with van der Waals surface area (Å²) in [6.07, 6.45) is 1.23. The number of nitrogens with one attached hydrogen (secondary N) is 1. The first-order chi connectivity index (χ1) is 14.2. The zero-order chi connectivity index (χ0) is 21.7. The Hall–Kier alpha value is -2.71. The van der Waals surface area contributed by atoms with Gasteiger partial charge in [-0.05, 0) is 36.8 Å². The highest BCUT2D eigenvalue weighted by molar-refractivity contribution is 7.90. The number of hydrogen-bond donors (Lipinski definition) is 1. The standard InChI is InChI=1S/C22H27N3O4S/c1-17-8-9-19(16-20(17)23-21(26)18-6-4-3-5-7-18)22(27)25-12-10-24(11-13-25)14-15-30(2,28)29/h3-9,16H,10-15H2,1-2H3,(H,23,26). The van der Waals surface area contributed by atoms with Crippen LogP contribution >= 0.6 is 0 Å². The predicted molar refractivity (Wildman–Crippen MR) is 118 cm³/mol. The van der Waals surface area contributed by atoms with Crippen LogP contribution in [0.15, 0.2) is 48.5 Å². The van der Waals surface area contributed by atoms with Crippen LogP contribution in [-0.2, 0) is 9.84 Å². The fourth-order valence-corrected chi connectivity index (χ4v) is 3.92. The normalized spacial score (nSPS) is 15.1. The van der Waals surface area contributed by atoms with Crippen LogP contribution in [0.4, 0.5) is 5.69 Å². The monoisotopic (exact) mass is 429 g/mol. The van der Waals surface area contributed by atoms with Crippen LogP contribution in [0.2, 0.25) is 0 Å². The summed E-state index contributed by atoms with van der Waals surface area (Å²) < 4.78 is 22.7. The number of hydrogen-bond acceptors (Lipinski definition) is 5. The minimum Gasteiger partial charge on any atom is -0.336 e. The smallest absolute Gasteiger partial charge is 0.255 e. The number of piperazine rings is 1. The fraction of sp³-hybridized carbons (Fsp3) is 0.364. The Labute approximate surface area is 177 Å². The third-order valence-electron chi connectivity index (χ3n) is 5.21. The minimum absolute atomic E-state index is 0.0898. The van der Waals surface area contributed by atoms with Crippen molar-refractivity contribution in [1.29, 1.82) is 0 Å². The Kier molecular flexibility index (Phi) is 6.89. The molecule has 0 aliphatic carbocycles. The lowest BCUT2D eigenvalue weighted by Gasteiger charge is -2.34. The maximum atomic E-state index is 12.9. The summed E-state index contributed by atoms with van der Waals surface area (Å²) in [5, 5.41) is 2.89. The second kappa shape index (κ2) is 9.40. The van der Waals surface area contributed by atoms with E-state index < -0.39 is 9.84 Å². The fourth-order valence-electron chi connectivity index (χ4n) is 3.33. The number of carbonyl (C=O) groups is 2. The summed E-state index contributed by atoms with van der Waals surface area (Å²) in [6, 6.07) is 14.2. The molecule has 7 nitrogen and oxygen atoms in total. The van der Waals surface area contributed by atoms with Crippen LogP contribution in [-0.4, -0.2) is 74.8 Å². The largest absolute Gasteiger partial charge is 0.336 e. The Morgan fingerprint density at radius 2 is 1.63 bits per heavy atom. The third-order valence-corrected chi connectivity index (χ3v) is 6.13. The first-order valence-corrected chi connectivity index (χ1v) is 12.0. The highest BCUT2D eigenvalue weighted by Crippen LogP contribution is 2.20. The number of nitrogens with zero attached hydrogens (tertiary/aromatic N) is 2. The van der Waals surface area contributed by atoms with Crippen molar-refractivity contribution in [2.24, 2.45) is 0 Å². The van der Waals surface area contributed by atoms with Gasteiger partial charge in [-0.25, -0.2) is 8.42 Å².